The van der Waals surface area contributed by atoms with Crippen LogP contribution in [0.5, 0.6) is 0 Å². The summed E-state index contributed by atoms with van der Waals surface area (Å²) in [5, 5.41) is 0. The highest BCUT2D eigenvalue weighted by molar-refractivity contribution is 6.06. The quantitative estimate of drug-likeness (QED) is 0.861. The van der Waals surface area contributed by atoms with E-state index in [9.17, 15) is 9.18 Å². The molecule has 0 spiro atoms. The van der Waals surface area contributed by atoms with Crippen LogP contribution >= 0.6 is 0 Å². The van der Waals surface area contributed by atoms with Crippen LogP contribution in [0, 0.1) is 5.82 Å². The molecular formula is C14H14FN3O. The molecule has 5 heteroatoms. The first-order valence-corrected chi connectivity index (χ1v) is 5.90. The van der Waals surface area contributed by atoms with Gasteiger partial charge in [-0.15, -0.1) is 0 Å². The minimum Gasteiger partial charge on any atom is -0.399 e. The van der Waals surface area contributed by atoms with Crippen LogP contribution in [0.15, 0.2) is 42.7 Å². The Bertz CT molecular complexity index is 586. The standard InChI is InChI=1S/C14H14FN3O/c1-2-18(11-5-7-17-8-6-11)14(19)12-9-10(16)3-4-13(12)15/h3-9H,2,16H2,1H3. The fourth-order valence-electron chi connectivity index (χ4n) is 1.82. The van der Waals surface area contributed by atoms with Gasteiger partial charge < -0.3 is 10.6 Å². The number of carbonyl (C=O) groups excluding carboxylic acids is 1. The number of benzene rings is 1. The molecule has 2 aromatic rings. The Morgan fingerprint density at radius 1 is 1.32 bits per heavy atom. The van der Waals surface area contributed by atoms with E-state index in [1.54, 1.807) is 24.5 Å². The number of anilines is 2. The predicted molar refractivity (Wildman–Crippen MR) is 72.4 cm³/mol. The molecule has 98 valence electrons. The maximum atomic E-state index is 13.7. The van der Waals surface area contributed by atoms with E-state index in [2.05, 4.69) is 4.98 Å². The third-order valence-corrected chi connectivity index (χ3v) is 2.76. The molecule has 0 unspecified atom stereocenters. The number of hydrogen-bond acceptors (Lipinski definition) is 3. The lowest BCUT2D eigenvalue weighted by molar-refractivity contribution is 0.0984. The molecule has 0 fully saturated rings. The van der Waals surface area contributed by atoms with Crippen molar-refractivity contribution >= 4 is 17.3 Å². The fraction of sp³-hybridized carbons (Fsp3) is 0.143. The van der Waals surface area contributed by atoms with Crippen LogP contribution in [0.25, 0.3) is 0 Å². The van der Waals surface area contributed by atoms with E-state index >= 15 is 0 Å². The first-order valence-electron chi connectivity index (χ1n) is 5.90. The van der Waals surface area contributed by atoms with Crippen molar-refractivity contribution in [3.8, 4) is 0 Å². The number of rotatable bonds is 3. The Morgan fingerprint density at radius 3 is 2.63 bits per heavy atom. The highest BCUT2D eigenvalue weighted by Gasteiger charge is 2.19. The summed E-state index contributed by atoms with van der Waals surface area (Å²) in [5.74, 6) is -0.995. The molecule has 1 amide bonds. The van der Waals surface area contributed by atoms with Gasteiger partial charge in [0.2, 0.25) is 0 Å². The van der Waals surface area contributed by atoms with Gasteiger partial charge in [0.1, 0.15) is 5.82 Å². The number of carbonyl (C=O) groups is 1. The van der Waals surface area contributed by atoms with Crippen molar-refractivity contribution in [1.82, 2.24) is 4.98 Å². The summed E-state index contributed by atoms with van der Waals surface area (Å²) in [5.41, 5.74) is 6.60. The number of amides is 1. The Hall–Kier alpha value is -2.43. The second-order valence-corrected chi connectivity index (χ2v) is 3.99. The lowest BCUT2D eigenvalue weighted by atomic mass is 10.1. The maximum Gasteiger partial charge on any atom is 0.261 e. The first-order chi connectivity index (χ1) is 9.13. The molecule has 1 aromatic heterocycles. The molecule has 2 rings (SSSR count). The second-order valence-electron chi connectivity index (χ2n) is 3.99. The summed E-state index contributed by atoms with van der Waals surface area (Å²) < 4.78 is 13.7. The van der Waals surface area contributed by atoms with Crippen LogP contribution < -0.4 is 10.6 Å². The molecule has 1 heterocycles. The molecule has 0 aliphatic carbocycles. The first kappa shape index (κ1) is 13.0. The second kappa shape index (κ2) is 5.48. The monoisotopic (exact) mass is 259 g/mol. The summed E-state index contributed by atoms with van der Waals surface area (Å²) in [6.45, 7) is 2.25. The van der Waals surface area contributed by atoms with Gasteiger partial charge >= 0.3 is 0 Å². The predicted octanol–water partition coefficient (Wildman–Crippen LogP) is 2.47. The number of nitrogen functional groups attached to an aromatic ring is 1. The molecule has 0 radical (unpaired) electrons. The molecule has 1 aromatic carbocycles. The van der Waals surface area contributed by atoms with Gasteiger partial charge in [0.25, 0.3) is 5.91 Å². The van der Waals surface area contributed by atoms with Crippen LogP contribution in [-0.4, -0.2) is 17.4 Å². The highest BCUT2D eigenvalue weighted by atomic mass is 19.1. The van der Waals surface area contributed by atoms with Crippen LogP contribution in [0.4, 0.5) is 15.8 Å². The Balaban J connectivity index is 2.39. The zero-order valence-electron chi connectivity index (χ0n) is 10.5. The summed E-state index contributed by atoms with van der Waals surface area (Å²) in [4.78, 5) is 17.7. The fourth-order valence-corrected chi connectivity index (χ4v) is 1.82. The molecule has 4 nitrogen and oxygen atoms in total. The topological polar surface area (TPSA) is 59.2 Å². The van der Waals surface area contributed by atoms with Gasteiger partial charge in [-0.25, -0.2) is 4.39 Å². The largest absolute Gasteiger partial charge is 0.399 e. The van der Waals surface area contributed by atoms with Crippen molar-refractivity contribution in [3.05, 3.63) is 54.1 Å². The Labute approximate surface area is 110 Å². The molecule has 0 bridgehead atoms. The number of nitrogens with zero attached hydrogens (tertiary/aromatic N) is 2. The summed E-state index contributed by atoms with van der Waals surface area (Å²) in [6, 6.07) is 7.37. The Morgan fingerprint density at radius 2 is 2.00 bits per heavy atom. The molecule has 0 saturated heterocycles. The number of halogens is 1. The summed E-state index contributed by atoms with van der Waals surface area (Å²) >= 11 is 0. The molecule has 0 saturated carbocycles. The number of pyridine rings is 1. The van der Waals surface area contributed by atoms with Crippen molar-refractivity contribution in [1.29, 1.82) is 0 Å². The summed E-state index contributed by atoms with van der Waals surface area (Å²) in [6.07, 6.45) is 3.17. The normalized spacial score (nSPS) is 10.2. The van der Waals surface area contributed by atoms with Crippen LogP contribution in [0.3, 0.4) is 0 Å². The lowest BCUT2D eigenvalue weighted by Gasteiger charge is -2.21. The number of aromatic nitrogens is 1. The average molecular weight is 259 g/mol. The van der Waals surface area contributed by atoms with Gasteiger partial charge in [-0.05, 0) is 37.3 Å². The van der Waals surface area contributed by atoms with E-state index < -0.39 is 11.7 Å². The minimum atomic E-state index is -0.577. The maximum absolute atomic E-state index is 13.7. The van der Waals surface area contributed by atoms with Gasteiger partial charge in [0.05, 0.1) is 5.56 Å². The zero-order valence-corrected chi connectivity index (χ0v) is 10.5. The van der Waals surface area contributed by atoms with Crippen molar-refractivity contribution in [3.63, 3.8) is 0 Å². The van der Waals surface area contributed by atoms with Gasteiger partial charge in [-0.1, -0.05) is 0 Å². The van der Waals surface area contributed by atoms with E-state index in [1.807, 2.05) is 6.92 Å². The van der Waals surface area contributed by atoms with Gasteiger partial charge in [0, 0.05) is 30.3 Å². The van der Waals surface area contributed by atoms with Crippen molar-refractivity contribution in [2.24, 2.45) is 0 Å². The molecular weight excluding hydrogens is 245 g/mol. The van der Waals surface area contributed by atoms with Gasteiger partial charge in [-0.2, -0.15) is 0 Å². The molecule has 2 N–H and O–H groups in total. The number of hydrogen-bond donors (Lipinski definition) is 1. The SMILES string of the molecule is CCN(C(=O)c1cc(N)ccc1F)c1ccncc1. The molecule has 0 atom stereocenters. The lowest BCUT2D eigenvalue weighted by Crippen LogP contribution is -2.31. The Kier molecular flexibility index (Phi) is 3.75. The molecule has 19 heavy (non-hydrogen) atoms. The van der Waals surface area contributed by atoms with E-state index in [4.69, 9.17) is 5.73 Å². The average Bonchev–Trinajstić information content (AvgIpc) is 2.43. The van der Waals surface area contributed by atoms with E-state index in [0.717, 1.165) is 0 Å². The molecule has 0 aliphatic rings. The third kappa shape index (κ3) is 2.70. The van der Waals surface area contributed by atoms with E-state index in [0.29, 0.717) is 17.9 Å². The minimum absolute atomic E-state index is 0.0290. The number of nitrogens with two attached hydrogens (primary N) is 1. The van der Waals surface area contributed by atoms with Crippen LogP contribution in [0.1, 0.15) is 17.3 Å². The third-order valence-electron chi connectivity index (χ3n) is 2.76. The van der Waals surface area contributed by atoms with Crippen molar-refractivity contribution < 1.29 is 9.18 Å². The van der Waals surface area contributed by atoms with Gasteiger partial charge in [-0.3, -0.25) is 9.78 Å². The van der Waals surface area contributed by atoms with Crippen LogP contribution in [-0.2, 0) is 0 Å². The molecule has 0 aliphatic heterocycles. The summed E-state index contributed by atoms with van der Waals surface area (Å²) in [7, 11) is 0. The van der Waals surface area contributed by atoms with Crippen molar-refractivity contribution in [2.75, 3.05) is 17.2 Å². The zero-order chi connectivity index (χ0) is 13.8. The van der Waals surface area contributed by atoms with Crippen molar-refractivity contribution in [2.45, 2.75) is 6.92 Å². The van der Waals surface area contributed by atoms with E-state index in [1.165, 1.54) is 23.1 Å². The smallest absolute Gasteiger partial charge is 0.261 e. The van der Waals surface area contributed by atoms with Crippen LogP contribution in [0.2, 0.25) is 0 Å². The van der Waals surface area contributed by atoms with E-state index in [-0.39, 0.29) is 5.56 Å². The van der Waals surface area contributed by atoms with Gasteiger partial charge in [0.15, 0.2) is 0 Å². The highest BCUT2D eigenvalue weighted by Crippen LogP contribution is 2.19.